The minimum absolute atomic E-state index is 0.174. The van der Waals surface area contributed by atoms with Gasteiger partial charge in [-0.25, -0.2) is 14.1 Å². The quantitative estimate of drug-likeness (QED) is 0.669. The van der Waals surface area contributed by atoms with Crippen molar-refractivity contribution >= 4 is 21.9 Å². The number of pyridine rings is 1. The molecule has 34 heavy (non-hydrogen) atoms. The fourth-order valence-corrected chi connectivity index (χ4v) is 6.17. The van der Waals surface area contributed by atoms with E-state index in [1.165, 1.54) is 10.4 Å². The van der Waals surface area contributed by atoms with Crippen LogP contribution in [-0.2, 0) is 10.2 Å². The van der Waals surface area contributed by atoms with Gasteiger partial charge in [-0.1, -0.05) is 6.92 Å². The van der Waals surface area contributed by atoms with Crippen molar-refractivity contribution in [3.63, 3.8) is 0 Å². The van der Waals surface area contributed by atoms with Crippen LogP contribution in [0.5, 0.6) is 0 Å². The molecule has 1 aromatic heterocycles. The lowest BCUT2D eigenvalue weighted by molar-refractivity contribution is 0.0979. The molecular weight excluding hydrogens is 457 g/mol. The normalized spacial score (nSPS) is 22.8. The Morgan fingerprint density at radius 1 is 1.24 bits per heavy atom. The third kappa shape index (κ3) is 4.80. The molecule has 2 aliphatic heterocycles. The average molecular weight is 490 g/mol. The summed E-state index contributed by atoms with van der Waals surface area (Å²) < 4.78 is 42.8. The molecule has 2 fully saturated rings. The summed E-state index contributed by atoms with van der Waals surface area (Å²) in [5.41, 5.74) is 7.54. The predicted molar refractivity (Wildman–Crippen MR) is 130 cm³/mol. The number of aromatic nitrogens is 1. The molecule has 3 N–H and O–H groups in total. The van der Waals surface area contributed by atoms with E-state index in [0.717, 1.165) is 12.0 Å². The first-order valence-corrected chi connectivity index (χ1v) is 12.9. The standard InChI is InChI=1S/C24H32FN5O3S/c1-15-12-24(3,4)30(13-15)22-19(23(31)28-34(32,33)29-10-9-18(26)14-29)6-8-21(27-22)17-5-7-20(25)16(2)11-17/h5-8,11,15,18H,9-10,12-14,26H2,1-4H3,(H,28,31)/t15-,18-/m0/s1. The fourth-order valence-electron chi connectivity index (χ4n) is 4.96. The van der Waals surface area contributed by atoms with Crippen LogP contribution in [-0.4, -0.2) is 54.8 Å². The first-order chi connectivity index (χ1) is 15.9. The monoisotopic (exact) mass is 489 g/mol. The summed E-state index contributed by atoms with van der Waals surface area (Å²) in [7, 11) is -4.03. The fraction of sp³-hybridized carbons (Fsp3) is 0.500. The van der Waals surface area contributed by atoms with E-state index in [1.54, 1.807) is 31.2 Å². The summed E-state index contributed by atoms with van der Waals surface area (Å²) in [5.74, 6) is -0.250. The Morgan fingerprint density at radius 2 is 1.97 bits per heavy atom. The lowest BCUT2D eigenvalue weighted by Crippen LogP contribution is -2.44. The van der Waals surface area contributed by atoms with E-state index < -0.39 is 16.1 Å². The van der Waals surface area contributed by atoms with Crippen LogP contribution in [0.1, 0.15) is 49.5 Å². The van der Waals surface area contributed by atoms with Crippen LogP contribution < -0.4 is 15.4 Å². The molecule has 2 saturated heterocycles. The molecule has 184 valence electrons. The number of hydrogen-bond donors (Lipinski definition) is 2. The molecule has 0 radical (unpaired) electrons. The van der Waals surface area contributed by atoms with Gasteiger partial charge in [0.15, 0.2) is 0 Å². The first kappa shape index (κ1) is 24.6. The number of anilines is 1. The lowest BCUT2D eigenvalue weighted by atomic mass is 9.97. The van der Waals surface area contributed by atoms with E-state index in [-0.39, 0.29) is 36.1 Å². The predicted octanol–water partition coefficient (Wildman–Crippen LogP) is 2.83. The molecule has 2 aliphatic rings. The molecule has 1 aromatic carbocycles. The van der Waals surface area contributed by atoms with Gasteiger partial charge >= 0.3 is 10.2 Å². The van der Waals surface area contributed by atoms with Crippen LogP contribution in [0.3, 0.4) is 0 Å². The Labute approximate surface area is 200 Å². The highest BCUT2D eigenvalue weighted by atomic mass is 32.2. The zero-order chi connectivity index (χ0) is 24.8. The third-order valence-electron chi connectivity index (χ3n) is 6.65. The summed E-state index contributed by atoms with van der Waals surface area (Å²) in [5, 5.41) is 0. The van der Waals surface area contributed by atoms with Gasteiger partial charge in [-0.3, -0.25) is 4.79 Å². The van der Waals surface area contributed by atoms with Gasteiger partial charge in [-0.2, -0.15) is 12.7 Å². The van der Waals surface area contributed by atoms with Gasteiger partial charge in [-0.05, 0) is 75.4 Å². The number of amides is 1. The van der Waals surface area contributed by atoms with Gasteiger partial charge in [0.25, 0.3) is 5.91 Å². The summed E-state index contributed by atoms with van der Waals surface area (Å²) in [6.45, 7) is 9.10. The average Bonchev–Trinajstić information content (AvgIpc) is 3.31. The zero-order valence-corrected chi connectivity index (χ0v) is 20.8. The molecule has 3 heterocycles. The van der Waals surface area contributed by atoms with Gasteiger partial charge < -0.3 is 10.6 Å². The first-order valence-electron chi connectivity index (χ1n) is 11.5. The molecule has 8 nitrogen and oxygen atoms in total. The topological polar surface area (TPSA) is 109 Å². The van der Waals surface area contributed by atoms with Gasteiger partial charge in [0.05, 0.1) is 11.3 Å². The molecular formula is C24H32FN5O3S. The van der Waals surface area contributed by atoms with Crippen molar-refractivity contribution in [2.75, 3.05) is 24.5 Å². The number of benzene rings is 1. The SMILES string of the molecule is Cc1cc(-c2ccc(C(=O)NS(=O)(=O)N3CC[C@H](N)C3)c(N3C[C@@H](C)CC3(C)C)n2)ccc1F. The number of carbonyl (C=O) groups is 1. The van der Waals surface area contributed by atoms with Crippen molar-refractivity contribution < 1.29 is 17.6 Å². The second-order valence-corrected chi connectivity index (χ2v) is 11.8. The summed E-state index contributed by atoms with van der Waals surface area (Å²) in [6.07, 6.45) is 1.45. The van der Waals surface area contributed by atoms with Crippen molar-refractivity contribution in [2.24, 2.45) is 11.7 Å². The highest BCUT2D eigenvalue weighted by Crippen LogP contribution is 2.38. The minimum Gasteiger partial charge on any atom is -0.351 e. The zero-order valence-electron chi connectivity index (χ0n) is 20.0. The maximum atomic E-state index is 13.8. The van der Waals surface area contributed by atoms with Crippen LogP contribution in [0.2, 0.25) is 0 Å². The Hall–Kier alpha value is -2.56. The largest absolute Gasteiger partial charge is 0.351 e. The van der Waals surface area contributed by atoms with Crippen molar-refractivity contribution in [3.05, 3.63) is 47.3 Å². The van der Waals surface area contributed by atoms with Gasteiger partial charge in [0.1, 0.15) is 11.6 Å². The highest BCUT2D eigenvalue weighted by Gasteiger charge is 2.40. The van der Waals surface area contributed by atoms with Gasteiger partial charge in [-0.15, -0.1) is 0 Å². The number of halogens is 1. The van der Waals surface area contributed by atoms with Crippen molar-refractivity contribution in [2.45, 2.75) is 52.1 Å². The van der Waals surface area contributed by atoms with E-state index in [4.69, 9.17) is 10.7 Å². The van der Waals surface area contributed by atoms with Gasteiger partial charge in [0, 0.05) is 36.8 Å². The number of aryl methyl sites for hydroxylation is 1. The van der Waals surface area contributed by atoms with Gasteiger partial charge in [0.2, 0.25) is 0 Å². The van der Waals surface area contributed by atoms with Crippen molar-refractivity contribution in [1.82, 2.24) is 14.0 Å². The molecule has 0 aliphatic carbocycles. The Morgan fingerprint density at radius 3 is 2.56 bits per heavy atom. The Bertz CT molecular complexity index is 1220. The van der Waals surface area contributed by atoms with Crippen molar-refractivity contribution in [1.29, 1.82) is 0 Å². The molecule has 1 amide bonds. The van der Waals surface area contributed by atoms with E-state index in [1.807, 2.05) is 0 Å². The lowest BCUT2D eigenvalue weighted by Gasteiger charge is -2.34. The molecule has 0 unspecified atom stereocenters. The van der Waals surface area contributed by atoms with E-state index in [2.05, 4.69) is 30.4 Å². The number of nitrogens with one attached hydrogen (secondary N) is 1. The number of rotatable bonds is 5. The number of hydrogen-bond acceptors (Lipinski definition) is 6. The van der Waals surface area contributed by atoms with Crippen molar-refractivity contribution in [3.8, 4) is 11.3 Å². The number of nitrogens with zero attached hydrogens (tertiary/aromatic N) is 3. The second-order valence-electron chi connectivity index (χ2n) is 10.1. The van der Waals surface area contributed by atoms with E-state index in [0.29, 0.717) is 36.0 Å². The summed E-state index contributed by atoms with van der Waals surface area (Å²) in [4.78, 5) is 20.1. The molecule has 2 atom stereocenters. The van der Waals surface area contributed by atoms with E-state index in [9.17, 15) is 17.6 Å². The Balaban J connectivity index is 1.74. The number of carbonyl (C=O) groups excluding carboxylic acids is 1. The third-order valence-corrected chi connectivity index (χ3v) is 8.11. The summed E-state index contributed by atoms with van der Waals surface area (Å²) in [6, 6.07) is 7.76. The number of nitrogens with two attached hydrogens (primary N) is 1. The van der Waals surface area contributed by atoms with Crippen LogP contribution in [0.25, 0.3) is 11.3 Å². The second kappa shape index (κ2) is 8.90. The van der Waals surface area contributed by atoms with Crippen LogP contribution in [0.15, 0.2) is 30.3 Å². The maximum absolute atomic E-state index is 13.8. The smallest absolute Gasteiger partial charge is 0.304 e. The highest BCUT2D eigenvalue weighted by molar-refractivity contribution is 7.87. The molecule has 0 spiro atoms. The molecule has 0 saturated carbocycles. The van der Waals surface area contributed by atoms with Crippen LogP contribution in [0, 0.1) is 18.7 Å². The van der Waals surface area contributed by atoms with Crippen LogP contribution >= 0.6 is 0 Å². The Kier molecular flexibility index (Phi) is 6.43. The molecule has 2 aromatic rings. The maximum Gasteiger partial charge on any atom is 0.304 e. The summed E-state index contributed by atoms with van der Waals surface area (Å²) >= 11 is 0. The van der Waals surface area contributed by atoms with E-state index >= 15 is 0 Å². The molecule has 0 bridgehead atoms. The minimum atomic E-state index is -4.03. The van der Waals surface area contributed by atoms with Crippen LogP contribution in [0.4, 0.5) is 10.2 Å². The molecule has 4 rings (SSSR count). The molecule has 10 heteroatoms.